The zero-order chi connectivity index (χ0) is 17.1. The highest BCUT2D eigenvalue weighted by Gasteiger charge is 2.13. The van der Waals surface area contributed by atoms with E-state index in [-0.39, 0.29) is 12.2 Å². The summed E-state index contributed by atoms with van der Waals surface area (Å²) in [6.07, 6.45) is 0.585. The number of hydrogen-bond acceptors (Lipinski definition) is 3. The predicted octanol–water partition coefficient (Wildman–Crippen LogP) is 5.94. The van der Waals surface area contributed by atoms with Crippen molar-refractivity contribution in [2.75, 3.05) is 0 Å². The number of hydrogen-bond donors (Lipinski definition) is 2. The molecule has 2 aromatic carbocycles. The number of aromatic hydroxyl groups is 1. The van der Waals surface area contributed by atoms with E-state index in [2.05, 4.69) is 77.0 Å². The van der Waals surface area contributed by atoms with Gasteiger partial charge in [0.15, 0.2) is 5.75 Å². The average molecular weight is 668 g/mol. The van der Waals surface area contributed by atoms with Crippen LogP contribution in [0.1, 0.15) is 12.0 Å². The van der Waals surface area contributed by atoms with E-state index in [0.29, 0.717) is 26.9 Å². The molecule has 0 radical (unpaired) electrons. The van der Waals surface area contributed by atoms with E-state index in [1.54, 1.807) is 12.1 Å². The van der Waals surface area contributed by atoms with E-state index in [0.717, 1.165) is 12.7 Å². The highest BCUT2D eigenvalue weighted by molar-refractivity contribution is 14.1. The third-order valence-electron chi connectivity index (χ3n) is 2.90. The molecule has 0 saturated carbocycles. The molecule has 0 unspecified atom stereocenters. The number of aliphatic carboxylic acids is 1. The van der Waals surface area contributed by atoms with Gasteiger partial charge in [0.1, 0.15) is 11.5 Å². The second kappa shape index (κ2) is 8.34. The van der Waals surface area contributed by atoms with Crippen LogP contribution in [0.5, 0.6) is 17.2 Å². The van der Waals surface area contributed by atoms with Gasteiger partial charge in [-0.15, -0.1) is 0 Å². The smallest absolute Gasteiger partial charge is 0.303 e. The monoisotopic (exact) mass is 666 g/mol. The second-order valence-corrected chi connectivity index (χ2v) is 8.65. The molecule has 8 heteroatoms. The molecule has 0 aliphatic carbocycles. The third-order valence-corrected chi connectivity index (χ3v) is 5.71. The maximum atomic E-state index is 10.7. The summed E-state index contributed by atoms with van der Waals surface area (Å²) in [6.45, 7) is 0. The summed E-state index contributed by atoms with van der Waals surface area (Å²) in [7, 11) is 0. The van der Waals surface area contributed by atoms with Crippen LogP contribution in [0.3, 0.4) is 0 Å². The normalized spacial score (nSPS) is 10.6. The summed E-state index contributed by atoms with van der Waals surface area (Å²) < 4.78 is 8.80. The Kier molecular flexibility index (Phi) is 6.99. The number of benzene rings is 2. The minimum absolute atomic E-state index is 0.101. The van der Waals surface area contributed by atoms with Gasteiger partial charge in [0.25, 0.3) is 0 Å². The minimum Gasteiger partial charge on any atom is -0.506 e. The van der Waals surface area contributed by atoms with Gasteiger partial charge in [-0.1, -0.05) is 0 Å². The maximum Gasteiger partial charge on any atom is 0.303 e. The first-order valence-corrected chi connectivity index (χ1v) is 10.1. The van der Waals surface area contributed by atoms with Crippen LogP contribution in [0.25, 0.3) is 0 Å². The SMILES string of the molecule is O=C(O)CCc1cc(I)c(Oc2cc(Br)c(O)c(Br)c2)c(I)c1. The molecule has 23 heavy (non-hydrogen) atoms. The van der Waals surface area contributed by atoms with Gasteiger partial charge in [-0.25, -0.2) is 0 Å². The Morgan fingerprint density at radius 3 is 2.09 bits per heavy atom. The van der Waals surface area contributed by atoms with Crippen molar-refractivity contribution in [2.24, 2.45) is 0 Å². The molecule has 0 bridgehead atoms. The van der Waals surface area contributed by atoms with Gasteiger partial charge >= 0.3 is 5.97 Å². The zero-order valence-corrected chi connectivity index (χ0v) is 18.9. The maximum absolute atomic E-state index is 10.7. The van der Waals surface area contributed by atoms with Gasteiger partial charge in [-0.3, -0.25) is 4.79 Å². The standard InChI is InChI=1S/C15H10Br2I2O4/c16-9-5-8(6-10(17)14(9)22)23-15-11(18)3-7(4-12(15)19)1-2-13(20)21/h3-6,22H,1-2H2,(H,20,21). The Labute approximate surface area is 177 Å². The van der Waals surface area contributed by atoms with Crippen molar-refractivity contribution in [3.8, 4) is 17.2 Å². The van der Waals surface area contributed by atoms with Crippen molar-refractivity contribution in [3.05, 3.63) is 45.9 Å². The van der Waals surface area contributed by atoms with E-state index < -0.39 is 5.97 Å². The largest absolute Gasteiger partial charge is 0.506 e. The molecule has 2 rings (SSSR count). The molecule has 0 amide bonds. The van der Waals surface area contributed by atoms with Crippen LogP contribution in [0.2, 0.25) is 0 Å². The van der Waals surface area contributed by atoms with Gasteiger partial charge in [-0.2, -0.15) is 0 Å². The number of phenols is 1. The van der Waals surface area contributed by atoms with Gasteiger partial charge < -0.3 is 14.9 Å². The molecule has 0 atom stereocenters. The lowest BCUT2D eigenvalue weighted by molar-refractivity contribution is -0.136. The van der Waals surface area contributed by atoms with Crippen LogP contribution in [0.4, 0.5) is 0 Å². The van der Waals surface area contributed by atoms with Crippen molar-refractivity contribution in [1.82, 2.24) is 0 Å². The van der Waals surface area contributed by atoms with Gasteiger partial charge in [0.2, 0.25) is 0 Å². The Morgan fingerprint density at radius 1 is 1.09 bits per heavy atom. The van der Waals surface area contributed by atoms with Crippen LogP contribution >= 0.6 is 77.0 Å². The zero-order valence-electron chi connectivity index (χ0n) is 11.4. The molecular formula is C15H10Br2I2O4. The van der Waals surface area contributed by atoms with Crippen LogP contribution < -0.4 is 4.74 Å². The number of carbonyl (C=O) groups is 1. The molecule has 0 aliphatic heterocycles. The van der Waals surface area contributed by atoms with Gasteiger partial charge in [-0.05, 0) is 113 Å². The molecule has 0 fully saturated rings. The van der Waals surface area contributed by atoms with E-state index in [9.17, 15) is 9.90 Å². The number of carboxylic acid groups (broad SMARTS) is 1. The van der Waals surface area contributed by atoms with Gasteiger partial charge in [0, 0.05) is 6.42 Å². The van der Waals surface area contributed by atoms with E-state index >= 15 is 0 Å². The van der Waals surface area contributed by atoms with E-state index in [1.165, 1.54) is 0 Å². The molecule has 0 spiro atoms. The predicted molar refractivity (Wildman–Crippen MR) is 111 cm³/mol. The van der Waals surface area contributed by atoms with Crippen molar-refractivity contribution in [3.63, 3.8) is 0 Å². The summed E-state index contributed by atoms with van der Waals surface area (Å²) in [5.74, 6) is 0.588. The molecule has 0 saturated heterocycles. The van der Waals surface area contributed by atoms with Crippen LogP contribution in [0, 0.1) is 7.14 Å². The van der Waals surface area contributed by atoms with E-state index in [4.69, 9.17) is 9.84 Å². The number of halogens is 4. The Bertz CT molecular complexity index is 719. The van der Waals surface area contributed by atoms with Crippen LogP contribution in [-0.2, 0) is 11.2 Å². The van der Waals surface area contributed by atoms with Crippen LogP contribution in [0.15, 0.2) is 33.2 Å². The van der Waals surface area contributed by atoms with Crippen molar-refractivity contribution in [1.29, 1.82) is 0 Å². The Balaban J connectivity index is 2.28. The lowest BCUT2D eigenvalue weighted by Gasteiger charge is -2.13. The van der Waals surface area contributed by atoms with Crippen LogP contribution in [-0.4, -0.2) is 16.2 Å². The van der Waals surface area contributed by atoms with Crippen molar-refractivity contribution in [2.45, 2.75) is 12.8 Å². The number of phenolic OH excluding ortho intramolecular Hbond substituents is 1. The number of ether oxygens (including phenoxy) is 1. The Morgan fingerprint density at radius 2 is 1.61 bits per heavy atom. The molecule has 2 aromatic rings. The van der Waals surface area contributed by atoms with Gasteiger partial charge in [0.05, 0.1) is 16.1 Å². The fourth-order valence-corrected chi connectivity index (χ4v) is 5.09. The quantitative estimate of drug-likeness (QED) is 0.388. The lowest BCUT2D eigenvalue weighted by Crippen LogP contribution is -1.99. The molecule has 0 heterocycles. The molecule has 0 aromatic heterocycles. The second-order valence-electron chi connectivity index (χ2n) is 4.62. The summed E-state index contributed by atoms with van der Waals surface area (Å²) in [5.41, 5.74) is 0.960. The fourth-order valence-electron chi connectivity index (χ4n) is 1.82. The number of aryl methyl sites for hydroxylation is 1. The number of rotatable bonds is 5. The first kappa shape index (κ1) is 19.3. The molecule has 2 N–H and O–H groups in total. The summed E-state index contributed by atoms with van der Waals surface area (Å²) in [5, 5.41) is 18.5. The molecule has 0 aliphatic rings. The minimum atomic E-state index is -0.811. The topological polar surface area (TPSA) is 66.8 Å². The number of carboxylic acids is 1. The summed E-state index contributed by atoms with van der Waals surface area (Å²) in [4.78, 5) is 10.7. The average Bonchev–Trinajstić information content (AvgIpc) is 2.46. The summed E-state index contributed by atoms with van der Waals surface area (Å²) in [6, 6.07) is 7.21. The fraction of sp³-hybridized carbons (Fsp3) is 0.133. The van der Waals surface area contributed by atoms with Crippen molar-refractivity contribution < 1.29 is 19.7 Å². The molecular weight excluding hydrogens is 658 g/mol. The first-order chi connectivity index (χ1) is 10.8. The highest BCUT2D eigenvalue weighted by atomic mass is 127. The summed E-state index contributed by atoms with van der Waals surface area (Å²) >= 11 is 10.9. The Hall–Kier alpha value is -0.0700. The molecule has 4 nitrogen and oxygen atoms in total. The van der Waals surface area contributed by atoms with E-state index in [1.807, 2.05) is 12.1 Å². The molecule has 122 valence electrons. The highest BCUT2D eigenvalue weighted by Crippen LogP contribution is 2.39. The lowest BCUT2D eigenvalue weighted by atomic mass is 10.1. The first-order valence-electron chi connectivity index (χ1n) is 6.33. The van der Waals surface area contributed by atoms with Crippen molar-refractivity contribution >= 4 is 83.0 Å². The third kappa shape index (κ3) is 5.20.